The number of hydrogen-bond acceptors (Lipinski definition) is 4. The van der Waals surface area contributed by atoms with Crippen molar-refractivity contribution in [3.63, 3.8) is 0 Å². The number of nitrogens with one attached hydrogen (secondary N) is 1. The highest BCUT2D eigenvalue weighted by atomic mass is 32.2. The van der Waals surface area contributed by atoms with Crippen LogP contribution in [-0.4, -0.2) is 20.3 Å². The van der Waals surface area contributed by atoms with Gasteiger partial charge in [-0.2, -0.15) is 5.10 Å². The van der Waals surface area contributed by atoms with Gasteiger partial charge in [-0.1, -0.05) is 48.5 Å². The van der Waals surface area contributed by atoms with Crippen LogP contribution in [0.15, 0.2) is 83.8 Å². The molecule has 1 N–H and O–H groups in total. The molecule has 0 unspecified atom stereocenters. The lowest BCUT2D eigenvalue weighted by Gasteiger charge is -2.08. The second kappa shape index (κ2) is 9.97. The number of aromatic nitrogens is 3. The first-order valence-electron chi connectivity index (χ1n) is 10.3. The number of hydrogen-bond donors (Lipinski definition) is 1. The SMILES string of the molecule is Cc1cccc(-n2c(CSc3ccccc3)nn(CC(=O)Nc3ccccc3C)c2=S)c1. The second-order valence-electron chi connectivity index (χ2n) is 7.50. The first kappa shape index (κ1) is 22.0. The van der Waals surface area contributed by atoms with Gasteiger partial charge < -0.3 is 5.32 Å². The molecule has 32 heavy (non-hydrogen) atoms. The topological polar surface area (TPSA) is 51.9 Å². The minimum atomic E-state index is -0.161. The molecule has 0 aliphatic heterocycles. The van der Waals surface area contributed by atoms with Crippen LogP contribution in [0.4, 0.5) is 5.69 Å². The van der Waals surface area contributed by atoms with Crippen LogP contribution in [0, 0.1) is 18.6 Å². The van der Waals surface area contributed by atoms with E-state index >= 15 is 0 Å². The van der Waals surface area contributed by atoms with Gasteiger partial charge in [-0.3, -0.25) is 9.36 Å². The summed E-state index contributed by atoms with van der Waals surface area (Å²) < 4.78 is 4.06. The normalized spacial score (nSPS) is 10.8. The number of thioether (sulfide) groups is 1. The molecular weight excluding hydrogens is 436 g/mol. The first-order chi connectivity index (χ1) is 15.5. The highest BCUT2D eigenvalue weighted by molar-refractivity contribution is 7.98. The number of benzene rings is 3. The highest BCUT2D eigenvalue weighted by Gasteiger charge is 2.16. The standard InChI is InChI=1S/C25H24N4OS2/c1-18-9-8-11-20(15-18)29-23(17-32-21-12-4-3-5-13-21)27-28(25(29)31)16-24(30)26-22-14-7-6-10-19(22)2/h3-15H,16-17H2,1-2H3,(H,26,30). The maximum absolute atomic E-state index is 12.7. The minimum absolute atomic E-state index is 0.0506. The third-order valence-corrected chi connectivity index (χ3v) is 6.39. The van der Waals surface area contributed by atoms with E-state index < -0.39 is 0 Å². The molecule has 0 bridgehead atoms. The molecule has 0 saturated heterocycles. The number of aryl methyl sites for hydroxylation is 2. The molecule has 0 atom stereocenters. The number of rotatable bonds is 7. The van der Waals surface area contributed by atoms with Crippen LogP contribution >= 0.6 is 24.0 Å². The second-order valence-corrected chi connectivity index (χ2v) is 8.91. The van der Waals surface area contributed by atoms with E-state index in [4.69, 9.17) is 17.3 Å². The van der Waals surface area contributed by atoms with Crippen molar-refractivity contribution in [3.05, 3.63) is 101 Å². The highest BCUT2D eigenvalue weighted by Crippen LogP contribution is 2.24. The Hall–Kier alpha value is -3.16. The predicted octanol–water partition coefficient (Wildman–Crippen LogP) is 5.95. The van der Waals surface area contributed by atoms with Crippen LogP contribution in [0.25, 0.3) is 5.69 Å². The fourth-order valence-electron chi connectivity index (χ4n) is 3.38. The summed E-state index contributed by atoms with van der Waals surface area (Å²) in [6.07, 6.45) is 0. The summed E-state index contributed by atoms with van der Waals surface area (Å²) in [6.45, 7) is 4.06. The number of carbonyl (C=O) groups is 1. The van der Waals surface area contributed by atoms with Crippen LogP contribution < -0.4 is 5.32 Å². The molecule has 1 aromatic heterocycles. The van der Waals surface area contributed by atoms with E-state index in [2.05, 4.69) is 23.5 Å². The minimum Gasteiger partial charge on any atom is -0.324 e. The maximum Gasteiger partial charge on any atom is 0.246 e. The number of anilines is 1. The molecule has 0 spiro atoms. The summed E-state index contributed by atoms with van der Waals surface area (Å²) in [5.41, 5.74) is 3.89. The molecule has 3 aromatic carbocycles. The molecule has 4 aromatic rings. The van der Waals surface area contributed by atoms with Crippen LogP contribution in [0.5, 0.6) is 0 Å². The van der Waals surface area contributed by atoms with Crippen molar-refractivity contribution in [2.45, 2.75) is 31.0 Å². The van der Waals surface area contributed by atoms with Crippen LogP contribution in [-0.2, 0) is 17.1 Å². The van der Waals surface area contributed by atoms with Crippen molar-refractivity contribution in [1.82, 2.24) is 14.3 Å². The average molecular weight is 461 g/mol. The van der Waals surface area contributed by atoms with Gasteiger partial charge >= 0.3 is 0 Å². The Kier molecular flexibility index (Phi) is 6.87. The Labute approximate surface area is 197 Å². The Morgan fingerprint density at radius 2 is 1.75 bits per heavy atom. The van der Waals surface area contributed by atoms with Crippen LogP contribution in [0.2, 0.25) is 0 Å². The summed E-state index contributed by atoms with van der Waals surface area (Å²) >= 11 is 7.44. The lowest BCUT2D eigenvalue weighted by Crippen LogP contribution is -2.20. The van der Waals surface area contributed by atoms with E-state index in [-0.39, 0.29) is 12.5 Å². The summed E-state index contributed by atoms with van der Waals surface area (Å²) in [4.78, 5) is 13.9. The Balaban J connectivity index is 1.63. The first-order valence-corrected chi connectivity index (χ1v) is 11.7. The van der Waals surface area contributed by atoms with E-state index in [1.54, 1.807) is 16.4 Å². The molecule has 0 aliphatic rings. The summed E-state index contributed by atoms with van der Waals surface area (Å²) in [7, 11) is 0. The number of carbonyl (C=O) groups excluding carboxylic acids is 1. The lowest BCUT2D eigenvalue weighted by molar-refractivity contribution is -0.116. The zero-order chi connectivity index (χ0) is 22.5. The van der Waals surface area contributed by atoms with Gasteiger partial charge in [-0.25, -0.2) is 4.68 Å². The monoisotopic (exact) mass is 460 g/mol. The third-order valence-electron chi connectivity index (χ3n) is 4.99. The van der Waals surface area contributed by atoms with Gasteiger partial charge in [0.15, 0.2) is 0 Å². The van der Waals surface area contributed by atoms with E-state index in [1.165, 1.54) is 0 Å². The molecular formula is C25H24N4OS2. The molecule has 162 valence electrons. The van der Waals surface area contributed by atoms with Gasteiger partial charge in [-0.05, 0) is 67.5 Å². The molecule has 0 radical (unpaired) electrons. The molecule has 1 heterocycles. The van der Waals surface area contributed by atoms with Gasteiger partial charge in [0.1, 0.15) is 12.4 Å². The molecule has 5 nitrogen and oxygen atoms in total. The van der Waals surface area contributed by atoms with Gasteiger partial charge in [0.05, 0.1) is 5.75 Å². The summed E-state index contributed by atoms with van der Waals surface area (Å²) in [6, 6.07) is 26.0. The average Bonchev–Trinajstić information content (AvgIpc) is 3.09. The molecule has 4 rings (SSSR count). The number of amides is 1. The van der Waals surface area contributed by atoms with Crippen molar-refractivity contribution in [1.29, 1.82) is 0 Å². The lowest BCUT2D eigenvalue weighted by atomic mass is 10.2. The van der Waals surface area contributed by atoms with Gasteiger partial charge in [0.25, 0.3) is 0 Å². The molecule has 0 fully saturated rings. The van der Waals surface area contributed by atoms with Crippen molar-refractivity contribution < 1.29 is 4.79 Å². The van der Waals surface area contributed by atoms with E-state index in [1.807, 2.05) is 79.1 Å². The maximum atomic E-state index is 12.7. The zero-order valence-corrected chi connectivity index (χ0v) is 19.6. The number of nitrogens with zero attached hydrogens (tertiary/aromatic N) is 3. The van der Waals surface area contributed by atoms with Gasteiger partial charge in [-0.15, -0.1) is 11.8 Å². The van der Waals surface area contributed by atoms with E-state index in [0.717, 1.165) is 33.2 Å². The zero-order valence-electron chi connectivity index (χ0n) is 18.0. The largest absolute Gasteiger partial charge is 0.324 e. The fourth-order valence-corrected chi connectivity index (χ4v) is 4.53. The van der Waals surface area contributed by atoms with Crippen LogP contribution in [0.1, 0.15) is 17.0 Å². The van der Waals surface area contributed by atoms with Gasteiger partial charge in [0, 0.05) is 16.3 Å². The summed E-state index contributed by atoms with van der Waals surface area (Å²) in [5, 5.41) is 7.69. The smallest absolute Gasteiger partial charge is 0.246 e. The van der Waals surface area contributed by atoms with Crippen molar-refractivity contribution >= 4 is 35.6 Å². The van der Waals surface area contributed by atoms with E-state index in [9.17, 15) is 4.79 Å². The van der Waals surface area contributed by atoms with Gasteiger partial charge in [0.2, 0.25) is 10.7 Å². The Bertz CT molecular complexity index is 1290. The fraction of sp³-hybridized carbons (Fsp3) is 0.160. The molecule has 0 saturated carbocycles. The molecule has 7 heteroatoms. The number of para-hydroxylation sites is 1. The Morgan fingerprint density at radius 3 is 2.50 bits per heavy atom. The Morgan fingerprint density at radius 1 is 1.00 bits per heavy atom. The quantitative estimate of drug-likeness (QED) is 0.273. The van der Waals surface area contributed by atoms with Crippen molar-refractivity contribution in [3.8, 4) is 5.69 Å². The van der Waals surface area contributed by atoms with E-state index in [0.29, 0.717) is 10.5 Å². The third kappa shape index (κ3) is 5.18. The van der Waals surface area contributed by atoms with Crippen molar-refractivity contribution in [2.24, 2.45) is 0 Å². The molecule has 0 aliphatic carbocycles. The predicted molar refractivity (Wildman–Crippen MR) is 133 cm³/mol. The van der Waals surface area contributed by atoms with Crippen molar-refractivity contribution in [2.75, 3.05) is 5.32 Å². The summed E-state index contributed by atoms with van der Waals surface area (Å²) in [5.74, 6) is 1.28. The van der Waals surface area contributed by atoms with Crippen LogP contribution in [0.3, 0.4) is 0 Å². The molecule has 1 amide bonds.